The quantitative estimate of drug-likeness (QED) is 0.263. The second kappa shape index (κ2) is 8.58. The average molecular weight is 495 g/mol. The Labute approximate surface area is 201 Å². The molecule has 0 aliphatic rings. The van der Waals surface area contributed by atoms with Gasteiger partial charge in [-0.3, -0.25) is 5.32 Å². The maximum absolute atomic E-state index is 12.6. The van der Waals surface area contributed by atoms with Crippen LogP contribution in [0.5, 0.6) is 0 Å². The first kappa shape index (κ1) is 21.6. The summed E-state index contributed by atoms with van der Waals surface area (Å²) >= 11 is 4.18. The number of thiophene rings is 2. The van der Waals surface area contributed by atoms with Gasteiger partial charge in [0.25, 0.3) is 0 Å². The molecule has 0 unspecified atom stereocenters. The SMILES string of the molecule is Cc1nsc(-c2cc3cc4sc(C(=O)O)cc4cc3s2)c1NC(=O)O[C@H](C)c1ccccc1. The first-order chi connectivity index (χ1) is 15.9. The van der Waals surface area contributed by atoms with Crippen molar-refractivity contribution in [2.75, 3.05) is 5.32 Å². The third-order valence-corrected chi connectivity index (χ3v) is 8.53. The molecule has 0 saturated carbocycles. The monoisotopic (exact) mass is 494 g/mol. The molecule has 6 nitrogen and oxygen atoms in total. The van der Waals surface area contributed by atoms with Gasteiger partial charge in [-0.2, -0.15) is 4.37 Å². The van der Waals surface area contributed by atoms with E-state index in [9.17, 15) is 14.7 Å². The maximum Gasteiger partial charge on any atom is 0.412 e. The fourth-order valence-corrected chi connectivity index (χ4v) is 6.52. The largest absolute Gasteiger partial charge is 0.477 e. The molecule has 166 valence electrons. The minimum absolute atomic E-state index is 0.329. The zero-order chi connectivity index (χ0) is 23.1. The van der Waals surface area contributed by atoms with Gasteiger partial charge >= 0.3 is 12.1 Å². The lowest BCUT2D eigenvalue weighted by Gasteiger charge is -2.14. The third kappa shape index (κ3) is 4.22. The van der Waals surface area contributed by atoms with Crippen molar-refractivity contribution >= 4 is 72.1 Å². The van der Waals surface area contributed by atoms with Gasteiger partial charge in [0, 0.05) is 14.3 Å². The summed E-state index contributed by atoms with van der Waals surface area (Å²) in [5.41, 5.74) is 2.29. The first-order valence-corrected chi connectivity index (χ1v) is 12.5. The van der Waals surface area contributed by atoms with Gasteiger partial charge in [-0.1, -0.05) is 30.3 Å². The summed E-state index contributed by atoms with van der Waals surface area (Å²) in [5, 5.41) is 14.1. The summed E-state index contributed by atoms with van der Waals surface area (Å²) in [6.45, 7) is 3.69. The molecule has 2 aromatic carbocycles. The van der Waals surface area contributed by atoms with Crippen molar-refractivity contribution in [1.82, 2.24) is 4.37 Å². The molecule has 3 heterocycles. The van der Waals surface area contributed by atoms with Crippen LogP contribution in [-0.4, -0.2) is 21.5 Å². The van der Waals surface area contributed by atoms with E-state index < -0.39 is 12.1 Å². The van der Waals surface area contributed by atoms with E-state index >= 15 is 0 Å². The Morgan fingerprint density at radius 1 is 1.03 bits per heavy atom. The molecule has 0 fully saturated rings. The van der Waals surface area contributed by atoms with Crippen LogP contribution in [0.15, 0.2) is 54.6 Å². The molecule has 0 aliphatic carbocycles. The van der Waals surface area contributed by atoms with E-state index in [1.165, 1.54) is 22.9 Å². The van der Waals surface area contributed by atoms with Crippen molar-refractivity contribution in [3.8, 4) is 9.75 Å². The fourth-order valence-electron chi connectivity index (χ4n) is 3.56. The van der Waals surface area contributed by atoms with E-state index in [0.717, 1.165) is 41.2 Å². The molecular weight excluding hydrogens is 476 g/mol. The van der Waals surface area contributed by atoms with Crippen LogP contribution in [0.3, 0.4) is 0 Å². The molecule has 3 aromatic heterocycles. The van der Waals surface area contributed by atoms with E-state index in [-0.39, 0.29) is 6.10 Å². The number of aryl methyl sites for hydroxylation is 1. The normalized spacial score (nSPS) is 12.2. The molecule has 33 heavy (non-hydrogen) atoms. The number of ether oxygens (including phenoxy) is 1. The summed E-state index contributed by atoms with van der Waals surface area (Å²) in [6, 6.07) is 17.4. The second-order valence-corrected chi connectivity index (χ2v) is 10.5. The number of carbonyl (C=O) groups is 2. The lowest BCUT2D eigenvalue weighted by molar-refractivity contribution is 0.0702. The van der Waals surface area contributed by atoms with Crippen LogP contribution >= 0.6 is 34.2 Å². The van der Waals surface area contributed by atoms with E-state index in [2.05, 4.69) is 15.8 Å². The van der Waals surface area contributed by atoms with Crippen LogP contribution in [0.25, 0.3) is 29.9 Å². The number of rotatable bonds is 5. The minimum Gasteiger partial charge on any atom is -0.477 e. The number of nitrogens with one attached hydrogen (secondary N) is 1. The molecule has 0 saturated heterocycles. The molecule has 5 aromatic rings. The Balaban J connectivity index is 1.42. The Morgan fingerprint density at radius 2 is 1.73 bits per heavy atom. The van der Waals surface area contributed by atoms with E-state index in [4.69, 9.17) is 4.74 Å². The fraction of sp³-hybridized carbons (Fsp3) is 0.125. The smallest absolute Gasteiger partial charge is 0.412 e. The van der Waals surface area contributed by atoms with Crippen molar-refractivity contribution in [2.45, 2.75) is 20.0 Å². The number of anilines is 1. The highest BCUT2D eigenvalue weighted by atomic mass is 32.1. The lowest BCUT2D eigenvalue weighted by Crippen LogP contribution is -2.16. The number of fused-ring (bicyclic) bond motifs is 2. The minimum atomic E-state index is -0.912. The highest BCUT2D eigenvalue weighted by Crippen LogP contribution is 2.43. The summed E-state index contributed by atoms with van der Waals surface area (Å²) in [4.78, 5) is 26.1. The molecule has 1 amide bonds. The van der Waals surface area contributed by atoms with Crippen molar-refractivity contribution in [3.05, 3.63) is 70.7 Å². The van der Waals surface area contributed by atoms with Crippen molar-refractivity contribution < 1.29 is 19.4 Å². The molecule has 1 atom stereocenters. The molecule has 0 radical (unpaired) electrons. The lowest BCUT2D eigenvalue weighted by atomic mass is 10.1. The van der Waals surface area contributed by atoms with Crippen molar-refractivity contribution in [3.63, 3.8) is 0 Å². The Bertz CT molecular complexity index is 1450. The number of hydrogen-bond donors (Lipinski definition) is 2. The number of hydrogen-bond acceptors (Lipinski definition) is 7. The van der Waals surface area contributed by atoms with Gasteiger partial charge in [0.1, 0.15) is 11.0 Å². The molecular formula is C24H18N2O4S3. The molecule has 0 bridgehead atoms. The Morgan fingerprint density at radius 3 is 2.45 bits per heavy atom. The summed E-state index contributed by atoms with van der Waals surface area (Å²) < 4.78 is 12.0. The zero-order valence-corrected chi connectivity index (χ0v) is 20.1. The maximum atomic E-state index is 12.6. The van der Waals surface area contributed by atoms with E-state index in [1.54, 1.807) is 17.4 Å². The van der Waals surface area contributed by atoms with Gasteiger partial charge in [-0.25, -0.2) is 9.59 Å². The van der Waals surface area contributed by atoms with Crippen LogP contribution in [-0.2, 0) is 4.74 Å². The van der Waals surface area contributed by atoms with Gasteiger partial charge in [-0.05, 0) is 66.0 Å². The number of aromatic nitrogens is 1. The molecule has 2 N–H and O–H groups in total. The van der Waals surface area contributed by atoms with Crippen molar-refractivity contribution in [2.24, 2.45) is 0 Å². The number of benzene rings is 2. The predicted octanol–water partition coefficient (Wildman–Crippen LogP) is 7.56. The molecule has 0 aliphatic heterocycles. The van der Waals surface area contributed by atoms with Crippen LogP contribution in [0.4, 0.5) is 10.5 Å². The summed E-state index contributed by atoms with van der Waals surface area (Å²) in [5.74, 6) is -0.912. The number of nitrogens with zero attached hydrogens (tertiary/aromatic N) is 1. The van der Waals surface area contributed by atoms with Gasteiger partial charge in [-0.15, -0.1) is 22.7 Å². The highest BCUT2D eigenvalue weighted by Gasteiger charge is 2.20. The summed E-state index contributed by atoms with van der Waals surface area (Å²) in [6.07, 6.45) is -0.909. The predicted molar refractivity (Wildman–Crippen MR) is 135 cm³/mol. The van der Waals surface area contributed by atoms with Gasteiger partial charge < -0.3 is 9.84 Å². The number of aromatic carboxylic acids is 1. The van der Waals surface area contributed by atoms with Crippen molar-refractivity contribution in [1.29, 1.82) is 0 Å². The number of carbonyl (C=O) groups excluding carboxylic acids is 1. The zero-order valence-electron chi connectivity index (χ0n) is 17.6. The third-order valence-electron chi connectivity index (χ3n) is 5.23. The summed E-state index contributed by atoms with van der Waals surface area (Å²) in [7, 11) is 0. The van der Waals surface area contributed by atoms with Gasteiger partial charge in [0.2, 0.25) is 0 Å². The topological polar surface area (TPSA) is 88.5 Å². The van der Waals surface area contributed by atoms with Crippen LogP contribution < -0.4 is 5.32 Å². The average Bonchev–Trinajstić information content (AvgIpc) is 3.49. The Hall–Kier alpha value is -3.27. The molecule has 0 spiro atoms. The van der Waals surface area contributed by atoms with E-state index in [1.807, 2.05) is 56.3 Å². The van der Waals surface area contributed by atoms with Gasteiger partial charge in [0.05, 0.1) is 16.3 Å². The van der Waals surface area contributed by atoms with Gasteiger partial charge in [0.15, 0.2) is 0 Å². The van der Waals surface area contributed by atoms with Crippen LogP contribution in [0.2, 0.25) is 0 Å². The van der Waals surface area contributed by atoms with Crippen LogP contribution in [0.1, 0.15) is 34.0 Å². The number of amides is 1. The first-order valence-electron chi connectivity index (χ1n) is 10.1. The number of carboxylic acids is 1. The standard InChI is InChI=1S/C24H18N2O4S3/c1-12-21(25-24(29)30-13(2)14-6-4-3-5-7-14)22(33-26-12)19-10-15-8-18-16(9-17(15)31-19)11-20(32-18)23(27)28/h3-11,13H,1-2H3,(H,25,29)(H,27,28)/t13-/m1/s1. The van der Waals surface area contributed by atoms with E-state index in [0.29, 0.717) is 10.6 Å². The van der Waals surface area contributed by atoms with Crippen LogP contribution in [0, 0.1) is 6.92 Å². The second-order valence-electron chi connectivity index (χ2n) is 7.51. The highest BCUT2D eigenvalue weighted by molar-refractivity contribution is 7.25. The molecule has 9 heteroatoms. The molecule has 5 rings (SSSR count). The number of carboxylic acid groups (broad SMARTS) is 1. The Kier molecular flexibility index (Phi) is 5.61.